The van der Waals surface area contributed by atoms with Crippen molar-refractivity contribution in [3.05, 3.63) is 59.4 Å². The topological polar surface area (TPSA) is 80.7 Å². The summed E-state index contributed by atoms with van der Waals surface area (Å²) in [5.74, 6) is -0.131. The van der Waals surface area contributed by atoms with Gasteiger partial charge in [0.15, 0.2) is 0 Å². The molecule has 22 heavy (non-hydrogen) atoms. The molecule has 7 heteroatoms. The number of amides is 1. The maximum absolute atomic E-state index is 11.9. The Morgan fingerprint density at radius 2 is 2.05 bits per heavy atom. The number of carbonyl (C=O) groups excluding carboxylic acids is 1. The van der Waals surface area contributed by atoms with Crippen LogP contribution in [0.4, 0.5) is 0 Å². The number of aromatic nitrogens is 4. The first-order chi connectivity index (χ1) is 10.7. The van der Waals surface area contributed by atoms with Crippen molar-refractivity contribution in [3.63, 3.8) is 0 Å². The van der Waals surface area contributed by atoms with Crippen LogP contribution in [0.15, 0.2) is 43.0 Å². The Hall–Kier alpha value is -2.67. The fraction of sp³-hybridized carbons (Fsp3) is 0.133. The van der Waals surface area contributed by atoms with Gasteiger partial charge in [-0.05, 0) is 25.1 Å². The zero-order valence-electron chi connectivity index (χ0n) is 11.9. The van der Waals surface area contributed by atoms with E-state index in [0.717, 1.165) is 21.1 Å². The molecule has 0 aromatic carbocycles. The van der Waals surface area contributed by atoms with Crippen molar-refractivity contribution >= 4 is 17.2 Å². The Morgan fingerprint density at radius 1 is 1.23 bits per heavy atom. The number of aryl methyl sites for hydroxylation is 1. The van der Waals surface area contributed by atoms with Crippen LogP contribution in [0.25, 0.3) is 10.6 Å². The lowest BCUT2D eigenvalue weighted by Crippen LogP contribution is -2.24. The second kappa shape index (κ2) is 6.40. The van der Waals surface area contributed by atoms with E-state index >= 15 is 0 Å². The second-order valence-corrected chi connectivity index (χ2v) is 5.61. The van der Waals surface area contributed by atoms with E-state index in [4.69, 9.17) is 0 Å². The van der Waals surface area contributed by atoms with E-state index in [1.807, 2.05) is 19.1 Å². The standard InChI is InChI=1S/C15H13N5OS/c1-10-12(9-19-14(21)13-17-6-3-7-18-13)22-15(20-10)11-4-2-5-16-8-11/h2-8H,9H2,1H3,(H,19,21). The minimum absolute atomic E-state index is 0.164. The van der Waals surface area contributed by atoms with Gasteiger partial charge in [0.25, 0.3) is 5.91 Å². The average molecular weight is 311 g/mol. The molecule has 110 valence electrons. The highest BCUT2D eigenvalue weighted by atomic mass is 32.1. The first-order valence-electron chi connectivity index (χ1n) is 6.66. The molecule has 6 nitrogen and oxygen atoms in total. The van der Waals surface area contributed by atoms with Crippen molar-refractivity contribution in [2.75, 3.05) is 0 Å². The van der Waals surface area contributed by atoms with E-state index < -0.39 is 0 Å². The average Bonchev–Trinajstić information content (AvgIpc) is 2.95. The monoisotopic (exact) mass is 311 g/mol. The molecule has 0 aliphatic rings. The molecular weight excluding hydrogens is 298 g/mol. The molecule has 0 aliphatic carbocycles. The van der Waals surface area contributed by atoms with Crippen LogP contribution < -0.4 is 5.32 Å². The van der Waals surface area contributed by atoms with Gasteiger partial charge in [-0.25, -0.2) is 15.0 Å². The fourth-order valence-electron chi connectivity index (χ4n) is 1.86. The number of carbonyl (C=O) groups is 1. The number of hydrogen-bond acceptors (Lipinski definition) is 6. The third kappa shape index (κ3) is 3.15. The van der Waals surface area contributed by atoms with E-state index in [0.29, 0.717) is 6.54 Å². The molecule has 3 rings (SSSR count). The number of thiazole rings is 1. The lowest BCUT2D eigenvalue weighted by atomic mass is 10.3. The molecule has 0 aliphatic heterocycles. The van der Waals surface area contributed by atoms with Crippen LogP contribution in [0, 0.1) is 6.92 Å². The molecule has 3 aromatic heterocycles. The van der Waals surface area contributed by atoms with Crippen LogP contribution in [-0.4, -0.2) is 25.8 Å². The molecule has 1 N–H and O–H groups in total. The lowest BCUT2D eigenvalue weighted by Gasteiger charge is -2.02. The Labute approximate surface area is 131 Å². The molecule has 0 bridgehead atoms. The van der Waals surface area contributed by atoms with Crippen molar-refractivity contribution in [1.29, 1.82) is 0 Å². The quantitative estimate of drug-likeness (QED) is 0.799. The molecule has 3 aromatic rings. The number of hydrogen-bond donors (Lipinski definition) is 1. The van der Waals surface area contributed by atoms with Crippen molar-refractivity contribution in [1.82, 2.24) is 25.3 Å². The van der Waals surface area contributed by atoms with Gasteiger partial charge in [-0.15, -0.1) is 11.3 Å². The Morgan fingerprint density at radius 3 is 2.77 bits per heavy atom. The van der Waals surface area contributed by atoms with Crippen molar-refractivity contribution in [2.45, 2.75) is 13.5 Å². The summed E-state index contributed by atoms with van der Waals surface area (Å²) in [4.78, 5) is 29.4. The normalized spacial score (nSPS) is 10.4. The highest BCUT2D eigenvalue weighted by Crippen LogP contribution is 2.27. The van der Waals surface area contributed by atoms with Gasteiger partial charge in [0.2, 0.25) is 5.82 Å². The van der Waals surface area contributed by atoms with Crippen LogP contribution in [0.2, 0.25) is 0 Å². The Kier molecular flexibility index (Phi) is 4.15. The van der Waals surface area contributed by atoms with Crippen LogP contribution in [0.3, 0.4) is 0 Å². The molecular formula is C15H13N5OS. The highest BCUT2D eigenvalue weighted by molar-refractivity contribution is 7.15. The van der Waals surface area contributed by atoms with Gasteiger partial charge < -0.3 is 5.32 Å². The van der Waals surface area contributed by atoms with Gasteiger partial charge in [0.1, 0.15) is 5.01 Å². The summed E-state index contributed by atoms with van der Waals surface area (Å²) in [6, 6.07) is 5.51. The summed E-state index contributed by atoms with van der Waals surface area (Å²) >= 11 is 1.54. The summed E-state index contributed by atoms with van der Waals surface area (Å²) in [5.41, 5.74) is 1.87. The van der Waals surface area contributed by atoms with Gasteiger partial charge in [0.05, 0.1) is 12.2 Å². The minimum atomic E-state index is -0.295. The van der Waals surface area contributed by atoms with Gasteiger partial charge in [0, 0.05) is 35.2 Å². The largest absolute Gasteiger partial charge is 0.344 e. The molecule has 0 spiro atoms. The van der Waals surface area contributed by atoms with Crippen molar-refractivity contribution in [2.24, 2.45) is 0 Å². The molecule has 0 atom stereocenters. The second-order valence-electron chi connectivity index (χ2n) is 4.52. The molecule has 0 saturated carbocycles. The SMILES string of the molecule is Cc1nc(-c2cccnc2)sc1CNC(=O)c1ncccn1. The first kappa shape index (κ1) is 14.3. The van der Waals surface area contributed by atoms with E-state index in [1.54, 1.807) is 42.2 Å². The van der Waals surface area contributed by atoms with Crippen molar-refractivity contribution in [3.8, 4) is 10.6 Å². The molecule has 0 radical (unpaired) electrons. The van der Waals surface area contributed by atoms with E-state index in [9.17, 15) is 4.79 Å². The smallest absolute Gasteiger partial charge is 0.289 e. The third-order valence-electron chi connectivity index (χ3n) is 2.98. The number of nitrogens with zero attached hydrogens (tertiary/aromatic N) is 4. The van der Waals surface area contributed by atoms with Crippen LogP contribution >= 0.6 is 11.3 Å². The molecule has 3 heterocycles. The minimum Gasteiger partial charge on any atom is -0.344 e. The summed E-state index contributed by atoms with van der Waals surface area (Å²) < 4.78 is 0. The van der Waals surface area contributed by atoms with E-state index in [-0.39, 0.29) is 11.7 Å². The predicted molar refractivity (Wildman–Crippen MR) is 83.3 cm³/mol. The number of pyridine rings is 1. The maximum Gasteiger partial charge on any atom is 0.289 e. The molecule has 1 amide bonds. The Balaban J connectivity index is 1.71. The van der Waals surface area contributed by atoms with E-state index in [1.165, 1.54) is 0 Å². The van der Waals surface area contributed by atoms with Crippen LogP contribution in [-0.2, 0) is 6.54 Å². The van der Waals surface area contributed by atoms with Crippen molar-refractivity contribution < 1.29 is 4.79 Å². The number of nitrogens with one attached hydrogen (secondary N) is 1. The first-order valence-corrected chi connectivity index (χ1v) is 7.47. The van der Waals surface area contributed by atoms with Gasteiger partial charge >= 0.3 is 0 Å². The van der Waals surface area contributed by atoms with Gasteiger partial charge in [-0.1, -0.05) is 0 Å². The Bertz CT molecular complexity index is 773. The number of rotatable bonds is 4. The zero-order chi connectivity index (χ0) is 15.4. The van der Waals surface area contributed by atoms with Crippen LogP contribution in [0.5, 0.6) is 0 Å². The van der Waals surface area contributed by atoms with Gasteiger partial charge in [-0.2, -0.15) is 0 Å². The summed E-state index contributed by atoms with van der Waals surface area (Å²) in [7, 11) is 0. The summed E-state index contributed by atoms with van der Waals surface area (Å²) in [6.45, 7) is 2.33. The lowest BCUT2D eigenvalue weighted by molar-refractivity contribution is 0.0941. The summed E-state index contributed by atoms with van der Waals surface area (Å²) in [5, 5.41) is 3.71. The predicted octanol–water partition coefficient (Wildman–Crippen LogP) is 2.23. The molecule has 0 fully saturated rings. The molecule has 0 saturated heterocycles. The fourth-order valence-corrected chi connectivity index (χ4v) is 2.85. The van der Waals surface area contributed by atoms with Crippen LogP contribution in [0.1, 0.15) is 21.2 Å². The van der Waals surface area contributed by atoms with Gasteiger partial charge in [-0.3, -0.25) is 9.78 Å². The summed E-state index contributed by atoms with van der Waals surface area (Å²) in [6.07, 6.45) is 6.59. The third-order valence-corrected chi connectivity index (χ3v) is 4.19. The van der Waals surface area contributed by atoms with E-state index in [2.05, 4.69) is 25.3 Å². The molecule has 0 unspecified atom stereocenters. The zero-order valence-corrected chi connectivity index (χ0v) is 12.7. The maximum atomic E-state index is 11.9. The highest BCUT2D eigenvalue weighted by Gasteiger charge is 2.12.